The lowest BCUT2D eigenvalue weighted by atomic mass is 10.1. The zero-order valence-electron chi connectivity index (χ0n) is 10.8. The van der Waals surface area contributed by atoms with Crippen LogP contribution < -0.4 is 5.32 Å². The van der Waals surface area contributed by atoms with Crippen molar-refractivity contribution in [3.05, 3.63) is 46.4 Å². The highest BCUT2D eigenvalue weighted by molar-refractivity contribution is 7.10. The first-order valence-electron chi connectivity index (χ1n) is 5.97. The van der Waals surface area contributed by atoms with Crippen molar-refractivity contribution in [2.45, 2.75) is 20.3 Å². The van der Waals surface area contributed by atoms with E-state index in [0.717, 1.165) is 28.2 Å². The molecule has 0 aliphatic carbocycles. The molecule has 0 aliphatic rings. The summed E-state index contributed by atoms with van der Waals surface area (Å²) >= 11 is 1.30. The van der Waals surface area contributed by atoms with Gasteiger partial charge in [-0.05, 0) is 55.1 Å². The summed E-state index contributed by atoms with van der Waals surface area (Å²) in [6.07, 6.45) is 0.786. The van der Waals surface area contributed by atoms with Gasteiger partial charge >= 0.3 is 0 Å². The molecule has 0 saturated heterocycles. The summed E-state index contributed by atoms with van der Waals surface area (Å²) in [5, 5.41) is 13.0. The van der Waals surface area contributed by atoms with Gasteiger partial charge in [0, 0.05) is 6.54 Å². The molecular formula is C14H14FN3S. The fourth-order valence-electron chi connectivity index (χ4n) is 1.87. The first-order chi connectivity index (χ1) is 9.11. The average Bonchev–Trinajstić information content (AvgIpc) is 2.72. The third kappa shape index (κ3) is 3.09. The number of halogens is 1. The first-order valence-corrected chi connectivity index (χ1v) is 6.74. The third-order valence-electron chi connectivity index (χ3n) is 2.96. The predicted molar refractivity (Wildman–Crippen MR) is 74.9 cm³/mol. The van der Waals surface area contributed by atoms with Crippen molar-refractivity contribution in [1.82, 2.24) is 4.37 Å². The van der Waals surface area contributed by atoms with E-state index in [2.05, 4.69) is 15.8 Å². The first kappa shape index (κ1) is 13.5. The van der Waals surface area contributed by atoms with Crippen molar-refractivity contribution in [2.75, 3.05) is 11.9 Å². The SMILES string of the molecule is Cc1cc(F)ccc1CCNc1snc(C)c1C#N. The molecule has 0 spiro atoms. The van der Waals surface area contributed by atoms with Gasteiger partial charge in [-0.25, -0.2) is 4.39 Å². The maximum atomic E-state index is 13.0. The largest absolute Gasteiger partial charge is 0.374 e. The van der Waals surface area contributed by atoms with Gasteiger partial charge in [0.2, 0.25) is 0 Å². The molecule has 1 aromatic heterocycles. The van der Waals surface area contributed by atoms with Crippen LogP contribution in [0, 0.1) is 31.0 Å². The van der Waals surface area contributed by atoms with Gasteiger partial charge in [0.05, 0.1) is 5.69 Å². The van der Waals surface area contributed by atoms with Crippen LogP contribution in [0.1, 0.15) is 22.4 Å². The zero-order valence-corrected chi connectivity index (χ0v) is 11.6. The molecule has 0 amide bonds. The standard InChI is InChI=1S/C14H14FN3S/c1-9-7-12(15)4-3-11(9)5-6-17-14-13(8-16)10(2)18-19-14/h3-4,7,17H,5-6H2,1-2H3. The number of aromatic nitrogens is 1. The number of anilines is 1. The minimum atomic E-state index is -0.209. The van der Waals surface area contributed by atoms with E-state index < -0.39 is 0 Å². The van der Waals surface area contributed by atoms with Crippen LogP contribution in [0.25, 0.3) is 0 Å². The van der Waals surface area contributed by atoms with E-state index in [1.807, 2.05) is 13.8 Å². The molecule has 1 aromatic carbocycles. The van der Waals surface area contributed by atoms with Crippen molar-refractivity contribution in [3.63, 3.8) is 0 Å². The Morgan fingerprint density at radius 3 is 2.89 bits per heavy atom. The van der Waals surface area contributed by atoms with Crippen LogP contribution in [0.4, 0.5) is 9.39 Å². The van der Waals surface area contributed by atoms with Crippen LogP contribution in [-0.4, -0.2) is 10.9 Å². The van der Waals surface area contributed by atoms with Crippen LogP contribution in [0.15, 0.2) is 18.2 Å². The highest BCUT2D eigenvalue weighted by Gasteiger charge is 2.09. The van der Waals surface area contributed by atoms with Crippen molar-refractivity contribution < 1.29 is 4.39 Å². The molecule has 2 aromatic rings. The number of benzene rings is 1. The average molecular weight is 275 g/mol. The van der Waals surface area contributed by atoms with Crippen molar-refractivity contribution in [1.29, 1.82) is 5.26 Å². The molecule has 98 valence electrons. The van der Waals surface area contributed by atoms with Crippen molar-refractivity contribution in [3.8, 4) is 6.07 Å². The van der Waals surface area contributed by atoms with Gasteiger partial charge < -0.3 is 5.32 Å². The molecule has 0 aliphatic heterocycles. The van der Waals surface area contributed by atoms with E-state index in [0.29, 0.717) is 12.1 Å². The molecule has 0 radical (unpaired) electrons. The molecule has 3 nitrogen and oxygen atoms in total. The van der Waals surface area contributed by atoms with E-state index in [1.165, 1.54) is 23.7 Å². The second kappa shape index (κ2) is 5.81. The Balaban J connectivity index is 1.98. The lowest BCUT2D eigenvalue weighted by Gasteiger charge is -2.07. The van der Waals surface area contributed by atoms with Gasteiger partial charge in [-0.1, -0.05) is 6.07 Å². The Labute approximate surface area is 115 Å². The molecule has 2 rings (SSSR count). The molecule has 0 unspecified atom stereocenters. The third-order valence-corrected chi connectivity index (χ3v) is 3.86. The molecule has 5 heteroatoms. The minimum Gasteiger partial charge on any atom is -0.374 e. The van der Waals surface area contributed by atoms with Gasteiger partial charge in [0.15, 0.2) is 0 Å². The van der Waals surface area contributed by atoms with Crippen LogP contribution >= 0.6 is 11.5 Å². The molecule has 0 atom stereocenters. The highest BCUT2D eigenvalue weighted by atomic mass is 32.1. The summed E-state index contributed by atoms with van der Waals surface area (Å²) in [5.41, 5.74) is 3.42. The number of rotatable bonds is 4. The second-order valence-corrected chi connectivity index (χ2v) is 5.10. The van der Waals surface area contributed by atoms with Gasteiger partial charge in [0.1, 0.15) is 22.5 Å². The number of hydrogen-bond acceptors (Lipinski definition) is 4. The van der Waals surface area contributed by atoms with Crippen LogP contribution in [0.3, 0.4) is 0 Å². The van der Waals surface area contributed by atoms with Crippen LogP contribution in [0.5, 0.6) is 0 Å². The number of nitrogens with one attached hydrogen (secondary N) is 1. The lowest BCUT2D eigenvalue weighted by Crippen LogP contribution is -2.06. The molecule has 1 heterocycles. The Morgan fingerprint density at radius 1 is 1.42 bits per heavy atom. The van der Waals surface area contributed by atoms with E-state index >= 15 is 0 Å². The van der Waals surface area contributed by atoms with Crippen LogP contribution in [-0.2, 0) is 6.42 Å². The number of nitriles is 1. The molecule has 1 N–H and O–H groups in total. The van der Waals surface area contributed by atoms with Gasteiger partial charge in [-0.15, -0.1) is 0 Å². The Hall–Kier alpha value is -1.93. The molecule has 19 heavy (non-hydrogen) atoms. The lowest BCUT2D eigenvalue weighted by molar-refractivity contribution is 0.625. The predicted octanol–water partition coefficient (Wildman–Crippen LogP) is 3.43. The Bertz CT molecular complexity index is 628. The minimum absolute atomic E-state index is 0.209. The molecule has 0 bridgehead atoms. The van der Waals surface area contributed by atoms with Crippen molar-refractivity contribution in [2.24, 2.45) is 0 Å². The van der Waals surface area contributed by atoms with E-state index in [-0.39, 0.29) is 5.82 Å². The van der Waals surface area contributed by atoms with E-state index in [4.69, 9.17) is 5.26 Å². The monoisotopic (exact) mass is 275 g/mol. The summed E-state index contributed by atoms with van der Waals surface area (Å²) in [5.74, 6) is -0.209. The summed E-state index contributed by atoms with van der Waals surface area (Å²) in [7, 11) is 0. The number of aryl methyl sites for hydroxylation is 2. The maximum Gasteiger partial charge on any atom is 0.127 e. The van der Waals surface area contributed by atoms with Crippen LogP contribution in [0.2, 0.25) is 0 Å². The second-order valence-electron chi connectivity index (χ2n) is 4.33. The summed E-state index contributed by atoms with van der Waals surface area (Å²) in [6.45, 7) is 4.42. The fraction of sp³-hybridized carbons (Fsp3) is 0.286. The molecule has 0 fully saturated rings. The highest BCUT2D eigenvalue weighted by Crippen LogP contribution is 2.23. The van der Waals surface area contributed by atoms with Gasteiger partial charge in [0.25, 0.3) is 0 Å². The normalized spacial score (nSPS) is 10.2. The smallest absolute Gasteiger partial charge is 0.127 e. The van der Waals surface area contributed by atoms with E-state index in [1.54, 1.807) is 6.07 Å². The number of hydrogen-bond donors (Lipinski definition) is 1. The summed E-state index contributed by atoms with van der Waals surface area (Å²) in [4.78, 5) is 0. The van der Waals surface area contributed by atoms with Gasteiger partial charge in [-0.3, -0.25) is 0 Å². The van der Waals surface area contributed by atoms with Crippen molar-refractivity contribution >= 4 is 16.5 Å². The molecular weight excluding hydrogens is 261 g/mol. The quantitative estimate of drug-likeness (QED) is 0.930. The molecule has 0 saturated carbocycles. The topological polar surface area (TPSA) is 48.7 Å². The summed E-state index contributed by atoms with van der Waals surface area (Å²) in [6, 6.07) is 6.95. The van der Waals surface area contributed by atoms with E-state index in [9.17, 15) is 4.39 Å². The Morgan fingerprint density at radius 2 is 2.21 bits per heavy atom. The number of nitrogens with zero attached hydrogens (tertiary/aromatic N) is 2. The zero-order chi connectivity index (χ0) is 13.8. The van der Waals surface area contributed by atoms with Gasteiger partial charge in [-0.2, -0.15) is 9.64 Å². The summed E-state index contributed by atoms with van der Waals surface area (Å²) < 4.78 is 17.1. The Kier molecular flexibility index (Phi) is 4.13. The fourth-order valence-corrected chi connectivity index (χ4v) is 2.64. The maximum absolute atomic E-state index is 13.0.